The minimum Gasteiger partial charge on any atom is -0.490 e. The summed E-state index contributed by atoms with van der Waals surface area (Å²) < 4.78 is 13.8. The molecule has 8 nitrogen and oxygen atoms in total. The van der Waals surface area contributed by atoms with Gasteiger partial charge in [-0.05, 0) is 44.4 Å². The second kappa shape index (κ2) is 15.7. The Morgan fingerprint density at radius 2 is 1.81 bits per heavy atom. The van der Waals surface area contributed by atoms with Gasteiger partial charge in [0.1, 0.15) is 12.2 Å². The van der Waals surface area contributed by atoms with Crippen LogP contribution >= 0.6 is 24.0 Å². The van der Waals surface area contributed by atoms with E-state index in [9.17, 15) is 0 Å². The summed E-state index contributed by atoms with van der Waals surface area (Å²) in [6.07, 6.45) is 4.54. The number of nitrogens with one attached hydrogen (secondary N) is 2. The van der Waals surface area contributed by atoms with Crippen LogP contribution in [0.2, 0.25) is 0 Å². The van der Waals surface area contributed by atoms with Crippen molar-refractivity contribution in [1.82, 2.24) is 25.4 Å². The van der Waals surface area contributed by atoms with Crippen LogP contribution in [0.1, 0.15) is 64.9 Å². The average Bonchev–Trinajstić information content (AvgIpc) is 3.24. The van der Waals surface area contributed by atoms with Crippen molar-refractivity contribution in [2.75, 3.05) is 26.3 Å². The molecule has 0 saturated heterocycles. The van der Waals surface area contributed by atoms with Gasteiger partial charge in [-0.25, -0.2) is 0 Å². The molecule has 1 aromatic carbocycles. The molecular weight excluding hydrogens is 519 g/mol. The molecule has 0 saturated carbocycles. The van der Waals surface area contributed by atoms with E-state index in [1.165, 1.54) is 0 Å². The maximum atomic E-state index is 5.94. The molecular formula is C23H39IN6O2. The summed E-state index contributed by atoms with van der Waals surface area (Å²) in [7, 11) is 0. The summed E-state index contributed by atoms with van der Waals surface area (Å²) in [5.74, 6) is 3.35. The zero-order valence-corrected chi connectivity index (χ0v) is 22.4. The highest BCUT2D eigenvalue weighted by molar-refractivity contribution is 14.0. The van der Waals surface area contributed by atoms with Gasteiger partial charge in [0.05, 0.1) is 25.8 Å². The van der Waals surface area contributed by atoms with Crippen LogP contribution < -0.4 is 20.1 Å². The zero-order chi connectivity index (χ0) is 22.5. The van der Waals surface area contributed by atoms with Crippen molar-refractivity contribution in [3.63, 3.8) is 0 Å². The molecule has 1 heterocycles. The lowest BCUT2D eigenvalue weighted by molar-refractivity contribution is 0.268. The third-order valence-electron chi connectivity index (χ3n) is 4.71. The summed E-state index contributed by atoms with van der Waals surface area (Å²) in [5.41, 5.74) is 1.12. The molecule has 32 heavy (non-hydrogen) atoms. The fourth-order valence-corrected chi connectivity index (χ4v) is 3.07. The third kappa shape index (κ3) is 8.84. The predicted molar refractivity (Wildman–Crippen MR) is 140 cm³/mol. The standard InChI is InChI=1S/C23H38N6O2.HI/c1-6-14-30-20-11-10-19(16-21(20)31-15-7-2)18(5)27-23(24-9-4)25-12-13-29-17-26-28-22(29)8-3;/h10-11,16-18H,6-9,12-15H2,1-5H3,(H2,24,25,27);1H. The summed E-state index contributed by atoms with van der Waals surface area (Å²) >= 11 is 0. The van der Waals surface area contributed by atoms with E-state index in [1.54, 1.807) is 6.33 Å². The van der Waals surface area contributed by atoms with Gasteiger partial charge in [-0.15, -0.1) is 34.2 Å². The molecule has 0 spiro atoms. The SMILES string of the molecule is CCCOc1ccc(C(C)NC(=NCCn2cnnc2CC)NCC)cc1OCCC.I. The Balaban J connectivity index is 0.00000512. The maximum absolute atomic E-state index is 5.94. The topological polar surface area (TPSA) is 85.6 Å². The minimum atomic E-state index is 0. The lowest BCUT2D eigenvalue weighted by Crippen LogP contribution is -2.39. The number of ether oxygens (including phenoxy) is 2. The number of aliphatic imine (C=N–C) groups is 1. The number of nitrogens with zero attached hydrogens (tertiary/aromatic N) is 4. The van der Waals surface area contributed by atoms with Crippen LogP contribution in [0.3, 0.4) is 0 Å². The van der Waals surface area contributed by atoms with Crippen molar-refractivity contribution < 1.29 is 9.47 Å². The number of aromatic nitrogens is 3. The monoisotopic (exact) mass is 558 g/mol. The molecule has 0 aliphatic heterocycles. The van der Waals surface area contributed by atoms with Crippen molar-refractivity contribution in [1.29, 1.82) is 0 Å². The Hall–Kier alpha value is -2.04. The van der Waals surface area contributed by atoms with Gasteiger partial charge in [-0.2, -0.15) is 0 Å². The predicted octanol–water partition coefficient (Wildman–Crippen LogP) is 4.35. The normalized spacial score (nSPS) is 12.1. The van der Waals surface area contributed by atoms with E-state index < -0.39 is 0 Å². The molecule has 0 bridgehead atoms. The summed E-state index contributed by atoms with van der Waals surface area (Å²) in [5, 5.41) is 14.9. The van der Waals surface area contributed by atoms with Gasteiger partial charge >= 0.3 is 0 Å². The van der Waals surface area contributed by atoms with Crippen LogP contribution in [-0.2, 0) is 13.0 Å². The van der Waals surface area contributed by atoms with Crippen molar-refractivity contribution in [3.8, 4) is 11.5 Å². The Bertz CT molecular complexity index is 812. The Kier molecular flexibility index (Phi) is 13.7. The highest BCUT2D eigenvalue weighted by atomic mass is 127. The first kappa shape index (κ1) is 28.0. The van der Waals surface area contributed by atoms with Gasteiger partial charge in [0.15, 0.2) is 17.5 Å². The van der Waals surface area contributed by atoms with Crippen molar-refractivity contribution in [2.45, 2.75) is 66.5 Å². The Labute approximate surface area is 209 Å². The Morgan fingerprint density at radius 3 is 2.47 bits per heavy atom. The van der Waals surface area contributed by atoms with Crippen LogP contribution in [-0.4, -0.2) is 47.0 Å². The summed E-state index contributed by atoms with van der Waals surface area (Å²) in [6, 6.07) is 6.20. The molecule has 0 radical (unpaired) electrons. The molecule has 9 heteroatoms. The van der Waals surface area contributed by atoms with E-state index in [2.05, 4.69) is 67.6 Å². The summed E-state index contributed by atoms with van der Waals surface area (Å²) in [6.45, 7) is 14.0. The molecule has 0 fully saturated rings. The molecule has 0 aliphatic carbocycles. The number of aryl methyl sites for hydroxylation is 1. The van der Waals surface area contributed by atoms with Crippen LogP contribution in [0, 0.1) is 0 Å². The molecule has 1 unspecified atom stereocenters. The molecule has 1 atom stereocenters. The van der Waals surface area contributed by atoms with Crippen molar-refractivity contribution in [2.24, 2.45) is 4.99 Å². The van der Waals surface area contributed by atoms with Gasteiger partial charge in [-0.3, -0.25) is 4.99 Å². The van der Waals surface area contributed by atoms with Gasteiger partial charge in [-0.1, -0.05) is 26.8 Å². The lowest BCUT2D eigenvalue weighted by Gasteiger charge is -2.20. The van der Waals surface area contributed by atoms with Crippen LogP contribution in [0.15, 0.2) is 29.5 Å². The molecule has 2 rings (SSSR count). The van der Waals surface area contributed by atoms with E-state index >= 15 is 0 Å². The first-order valence-electron chi connectivity index (χ1n) is 11.4. The van der Waals surface area contributed by atoms with Gasteiger partial charge < -0.3 is 24.7 Å². The van der Waals surface area contributed by atoms with Gasteiger partial charge in [0, 0.05) is 19.5 Å². The maximum Gasteiger partial charge on any atom is 0.191 e. The number of halogens is 1. The van der Waals surface area contributed by atoms with Crippen molar-refractivity contribution >= 4 is 29.9 Å². The number of benzene rings is 1. The van der Waals surface area contributed by atoms with Gasteiger partial charge in [0.25, 0.3) is 0 Å². The number of rotatable bonds is 13. The molecule has 180 valence electrons. The second-order valence-electron chi connectivity index (χ2n) is 7.32. The number of guanidine groups is 1. The van der Waals surface area contributed by atoms with Crippen LogP contribution in [0.4, 0.5) is 0 Å². The third-order valence-corrected chi connectivity index (χ3v) is 4.71. The molecule has 0 aliphatic rings. The van der Waals surface area contributed by atoms with Gasteiger partial charge in [0.2, 0.25) is 0 Å². The lowest BCUT2D eigenvalue weighted by atomic mass is 10.1. The molecule has 0 amide bonds. The zero-order valence-electron chi connectivity index (χ0n) is 20.1. The largest absolute Gasteiger partial charge is 0.490 e. The van der Waals surface area contributed by atoms with E-state index in [0.29, 0.717) is 19.8 Å². The quantitative estimate of drug-likeness (QED) is 0.216. The Morgan fingerprint density at radius 1 is 1.09 bits per heavy atom. The van der Waals surface area contributed by atoms with Crippen molar-refractivity contribution in [3.05, 3.63) is 35.9 Å². The number of hydrogen-bond donors (Lipinski definition) is 2. The second-order valence-corrected chi connectivity index (χ2v) is 7.32. The molecule has 2 N–H and O–H groups in total. The van der Waals surface area contributed by atoms with E-state index in [0.717, 1.165) is 61.2 Å². The minimum absolute atomic E-state index is 0. The first-order valence-corrected chi connectivity index (χ1v) is 11.4. The van der Waals surface area contributed by atoms with Crippen LogP contribution in [0.25, 0.3) is 0 Å². The fourth-order valence-electron chi connectivity index (χ4n) is 3.07. The fraction of sp³-hybridized carbons (Fsp3) is 0.609. The van der Waals surface area contributed by atoms with Crippen LogP contribution in [0.5, 0.6) is 11.5 Å². The highest BCUT2D eigenvalue weighted by Crippen LogP contribution is 2.31. The van der Waals surface area contributed by atoms with E-state index in [1.807, 2.05) is 10.6 Å². The molecule has 2 aromatic rings. The summed E-state index contributed by atoms with van der Waals surface area (Å²) in [4.78, 5) is 4.72. The highest BCUT2D eigenvalue weighted by Gasteiger charge is 2.13. The van der Waals surface area contributed by atoms with E-state index in [-0.39, 0.29) is 30.0 Å². The van der Waals surface area contributed by atoms with E-state index in [4.69, 9.17) is 14.5 Å². The number of hydrogen-bond acceptors (Lipinski definition) is 5. The smallest absolute Gasteiger partial charge is 0.191 e. The average molecular weight is 559 g/mol. The molecule has 1 aromatic heterocycles. The first-order chi connectivity index (χ1) is 15.1.